The lowest BCUT2D eigenvalue weighted by Gasteiger charge is -2.11. The van der Waals surface area contributed by atoms with Crippen LogP contribution in [0.1, 0.15) is 5.56 Å². The van der Waals surface area contributed by atoms with Crippen molar-refractivity contribution in [2.45, 2.75) is 6.61 Å². The topological polar surface area (TPSA) is 44.3 Å². The zero-order valence-electron chi connectivity index (χ0n) is 8.37. The number of nitrogens with one attached hydrogen (secondary N) is 2. The third-order valence-corrected chi connectivity index (χ3v) is 1.98. The van der Waals surface area contributed by atoms with E-state index in [1.54, 1.807) is 0 Å². The molecule has 0 aromatic heterocycles. The summed E-state index contributed by atoms with van der Waals surface area (Å²) in [5.74, 6) is 0. The molecule has 1 saturated heterocycles. The fourth-order valence-electron chi connectivity index (χ4n) is 1.19. The Bertz CT molecular complexity index is 210. The van der Waals surface area contributed by atoms with Gasteiger partial charge in [-0.15, -0.1) is 0 Å². The van der Waals surface area contributed by atoms with Crippen molar-refractivity contribution in [3.05, 3.63) is 35.9 Å². The van der Waals surface area contributed by atoms with Gasteiger partial charge in [-0.25, -0.2) is 0 Å². The Kier molecular flexibility index (Phi) is 5.99. The fraction of sp³-hybridized carbons (Fsp3) is 0.455. The molecule has 14 heavy (non-hydrogen) atoms. The van der Waals surface area contributed by atoms with Crippen LogP contribution in [0.5, 0.6) is 0 Å². The van der Waals surface area contributed by atoms with E-state index in [1.807, 2.05) is 30.3 Å². The number of hydrogen-bond acceptors (Lipinski definition) is 3. The van der Waals surface area contributed by atoms with Crippen LogP contribution in [0.4, 0.5) is 0 Å². The first-order chi connectivity index (χ1) is 6.93. The fourth-order valence-corrected chi connectivity index (χ4v) is 1.19. The van der Waals surface area contributed by atoms with Crippen molar-refractivity contribution in [3.8, 4) is 0 Å². The van der Waals surface area contributed by atoms with Crippen LogP contribution in [0.15, 0.2) is 30.3 Å². The smallest absolute Gasteiger partial charge is 0.0681 e. The zero-order valence-corrected chi connectivity index (χ0v) is 8.37. The molecule has 0 atom stereocenters. The van der Waals surface area contributed by atoms with E-state index in [-0.39, 0.29) is 6.61 Å². The van der Waals surface area contributed by atoms with Gasteiger partial charge in [0, 0.05) is 26.2 Å². The third kappa shape index (κ3) is 4.97. The molecular weight excluding hydrogens is 176 g/mol. The molecule has 0 bridgehead atoms. The summed E-state index contributed by atoms with van der Waals surface area (Å²) >= 11 is 0. The summed E-state index contributed by atoms with van der Waals surface area (Å²) < 4.78 is 0. The van der Waals surface area contributed by atoms with Crippen molar-refractivity contribution in [1.29, 1.82) is 0 Å². The van der Waals surface area contributed by atoms with Gasteiger partial charge in [-0.1, -0.05) is 30.3 Å². The molecule has 3 nitrogen and oxygen atoms in total. The Labute approximate surface area is 85.2 Å². The summed E-state index contributed by atoms with van der Waals surface area (Å²) in [5, 5.41) is 15.0. The van der Waals surface area contributed by atoms with Gasteiger partial charge in [-0.2, -0.15) is 0 Å². The van der Waals surface area contributed by atoms with Gasteiger partial charge in [0.1, 0.15) is 0 Å². The van der Waals surface area contributed by atoms with Gasteiger partial charge in [-0.3, -0.25) is 0 Å². The molecule has 1 aromatic rings. The molecule has 1 aliphatic rings. The number of rotatable bonds is 1. The minimum absolute atomic E-state index is 0.140. The number of piperazine rings is 1. The van der Waals surface area contributed by atoms with Crippen molar-refractivity contribution < 1.29 is 5.11 Å². The van der Waals surface area contributed by atoms with Crippen molar-refractivity contribution in [3.63, 3.8) is 0 Å². The second kappa shape index (κ2) is 7.50. The van der Waals surface area contributed by atoms with E-state index < -0.39 is 0 Å². The van der Waals surface area contributed by atoms with Crippen molar-refractivity contribution >= 4 is 0 Å². The van der Waals surface area contributed by atoms with Crippen LogP contribution in [-0.2, 0) is 6.61 Å². The van der Waals surface area contributed by atoms with Crippen LogP contribution in [0.25, 0.3) is 0 Å². The van der Waals surface area contributed by atoms with Gasteiger partial charge in [0.15, 0.2) is 0 Å². The molecule has 2 rings (SSSR count). The molecule has 0 spiro atoms. The molecule has 0 amide bonds. The van der Waals surface area contributed by atoms with Crippen LogP contribution in [0, 0.1) is 0 Å². The maximum Gasteiger partial charge on any atom is 0.0681 e. The predicted molar refractivity (Wildman–Crippen MR) is 58.1 cm³/mol. The van der Waals surface area contributed by atoms with E-state index in [2.05, 4.69) is 10.6 Å². The minimum atomic E-state index is 0.140. The Morgan fingerprint density at radius 3 is 1.71 bits per heavy atom. The molecule has 1 fully saturated rings. The van der Waals surface area contributed by atoms with E-state index in [4.69, 9.17) is 5.11 Å². The second-order valence-corrected chi connectivity index (χ2v) is 3.14. The average Bonchev–Trinajstić information content (AvgIpc) is 2.33. The standard InChI is InChI=1S/C7H8O.C4H10N2/c8-6-7-4-2-1-3-5-7;1-2-6-4-3-5-1/h1-5,8H,6H2;5-6H,1-4H2. The molecule has 0 aliphatic carbocycles. The lowest BCUT2D eigenvalue weighted by molar-refractivity contribution is 0.282. The first-order valence-electron chi connectivity index (χ1n) is 4.99. The highest BCUT2D eigenvalue weighted by Crippen LogP contribution is 1.95. The molecule has 78 valence electrons. The van der Waals surface area contributed by atoms with Crippen LogP contribution in [0.3, 0.4) is 0 Å². The maximum atomic E-state index is 8.54. The molecule has 0 unspecified atom stereocenters. The number of benzene rings is 1. The van der Waals surface area contributed by atoms with Crippen LogP contribution in [-0.4, -0.2) is 31.3 Å². The van der Waals surface area contributed by atoms with E-state index in [0.717, 1.165) is 31.7 Å². The van der Waals surface area contributed by atoms with Gasteiger partial charge >= 0.3 is 0 Å². The molecule has 3 heteroatoms. The van der Waals surface area contributed by atoms with Crippen molar-refractivity contribution in [2.75, 3.05) is 26.2 Å². The monoisotopic (exact) mass is 194 g/mol. The lowest BCUT2D eigenvalue weighted by atomic mass is 10.2. The van der Waals surface area contributed by atoms with E-state index in [1.165, 1.54) is 0 Å². The first kappa shape index (κ1) is 11.2. The average molecular weight is 194 g/mol. The molecule has 0 saturated carbocycles. The number of hydrogen-bond donors (Lipinski definition) is 3. The van der Waals surface area contributed by atoms with Crippen LogP contribution in [0.2, 0.25) is 0 Å². The van der Waals surface area contributed by atoms with E-state index in [9.17, 15) is 0 Å². The highest BCUT2D eigenvalue weighted by Gasteiger charge is 1.91. The number of aliphatic hydroxyl groups is 1. The molecular formula is C11H18N2O. The molecule has 1 aromatic carbocycles. The Hall–Kier alpha value is -0.900. The van der Waals surface area contributed by atoms with Gasteiger partial charge < -0.3 is 15.7 Å². The van der Waals surface area contributed by atoms with Crippen molar-refractivity contribution in [1.82, 2.24) is 10.6 Å². The Balaban J connectivity index is 0.000000146. The largest absolute Gasteiger partial charge is 0.392 e. The summed E-state index contributed by atoms with van der Waals surface area (Å²) in [7, 11) is 0. The van der Waals surface area contributed by atoms with Crippen LogP contribution >= 0.6 is 0 Å². The van der Waals surface area contributed by atoms with E-state index >= 15 is 0 Å². The van der Waals surface area contributed by atoms with Gasteiger partial charge in [-0.05, 0) is 5.56 Å². The van der Waals surface area contributed by atoms with Crippen LogP contribution < -0.4 is 10.6 Å². The quantitative estimate of drug-likeness (QED) is 0.605. The van der Waals surface area contributed by atoms with Gasteiger partial charge in [0.05, 0.1) is 6.61 Å². The predicted octanol–water partition coefficient (Wildman–Crippen LogP) is 0.358. The van der Waals surface area contributed by atoms with E-state index in [0.29, 0.717) is 0 Å². The summed E-state index contributed by atoms with van der Waals surface area (Å²) in [5.41, 5.74) is 0.965. The summed E-state index contributed by atoms with van der Waals surface area (Å²) in [4.78, 5) is 0. The lowest BCUT2D eigenvalue weighted by Crippen LogP contribution is -2.39. The minimum Gasteiger partial charge on any atom is -0.392 e. The second-order valence-electron chi connectivity index (χ2n) is 3.14. The maximum absolute atomic E-state index is 8.54. The molecule has 0 radical (unpaired) electrons. The highest BCUT2D eigenvalue weighted by molar-refractivity contribution is 5.12. The SMILES string of the molecule is C1CNCCN1.OCc1ccccc1. The highest BCUT2D eigenvalue weighted by atomic mass is 16.3. The molecule has 1 aliphatic heterocycles. The molecule has 3 N–H and O–H groups in total. The molecule has 1 heterocycles. The summed E-state index contributed by atoms with van der Waals surface area (Å²) in [6.07, 6.45) is 0. The third-order valence-electron chi connectivity index (χ3n) is 1.98. The normalized spacial score (nSPS) is 15.5. The Morgan fingerprint density at radius 1 is 0.929 bits per heavy atom. The summed E-state index contributed by atoms with van der Waals surface area (Å²) in [6, 6.07) is 9.52. The Morgan fingerprint density at radius 2 is 1.43 bits per heavy atom. The van der Waals surface area contributed by atoms with Gasteiger partial charge in [0.25, 0.3) is 0 Å². The first-order valence-corrected chi connectivity index (χ1v) is 4.99. The zero-order chi connectivity index (χ0) is 10.1. The summed E-state index contributed by atoms with van der Waals surface area (Å²) in [6.45, 7) is 4.70. The number of aliphatic hydroxyl groups excluding tert-OH is 1. The van der Waals surface area contributed by atoms with Crippen molar-refractivity contribution in [2.24, 2.45) is 0 Å². The van der Waals surface area contributed by atoms with Gasteiger partial charge in [0.2, 0.25) is 0 Å².